The Morgan fingerprint density at radius 1 is 1.24 bits per heavy atom. The summed E-state index contributed by atoms with van der Waals surface area (Å²) in [6.07, 6.45) is 0.299. The fraction of sp³-hybridized carbons (Fsp3) is 0.357. The number of carbonyl (C=O) groups excluding carboxylic acids is 2. The highest BCUT2D eigenvalue weighted by Gasteiger charge is 2.24. The minimum atomic E-state index is -1.07. The second-order valence-electron chi connectivity index (χ2n) is 4.44. The van der Waals surface area contributed by atoms with Gasteiger partial charge in [-0.15, -0.1) is 0 Å². The predicted octanol–water partition coefficient (Wildman–Crippen LogP) is 1.13. The molecule has 1 atom stereocenters. The zero-order chi connectivity index (χ0) is 15.8. The van der Waals surface area contributed by atoms with Gasteiger partial charge in [0.05, 0.1) is 6.54 Å². The zero-order valence-electron chi connectivity index (χ0n) is 12.0. The molecule has 1 rings (SSSR count). The summed E-state index contributed by atoms with van der Waals surface area (Å²) >= 11 is 0. The smallest absolute Gasteiger partial charge is 0.326 e. The van der Waals surface area contributed by atoms with Crippen molar-refractivity contribution < 1.29 is 19.5 Å². The highest BCUT2D eigenvalue weighted by Crippen LogP contribution is 2.04. The molecule has 0 aliphatic carbocycles. The van der Waals surface area contributed by atoms with Gasteiger partial charge in [0.1, 0.15) is 6.04 Å². The van der Waals surface area contributed by atoms with Crippen LogP contribution in [0.1, 0.15) is 13.3 Å². The fourth-order valence-electron chi connectivity index (χ4n) is 1.77. The van der Waals surface area contributed by atoms with Gasteiger partial charge in [-0.25, -0.2) is 9.59 Å². The molecule has 3 amide bonds. The number of benzene rings is 1. The molecule has 0 fully saturated rings. The first-order valence-corrected chi connectivity index (χ1v) is 6.54. The van der Waals surface area contributed by atoms with Gasteiger partial charge in [-0.3, -0.25) is 4.79 Å². The number of para-hydroxylation sites is 1. The van der Waals surface area contributed by atoms with Crippen molar-refractivity contribution in [1.82, 2.24) is 10.2 Å². The second kappa shape index (κ2) is 7.88. The molecule has 0 radical (unpaired) electrons. The van der Waals surface area contributed by atoms with E-state index < -0.39 is 23.9 Å². The fourth-order valence-corrected chi connectivity index (χ4v) is 1.77. The molecule has 21 heavy (non-hydrogen) atoms. The van der Waals surface area contributed by atoms with E-state index in [0.29, 0.717) is 12.1 Å². The number of likely N-dealkylation sites (N-methyl/N-ethyl adjacent to an activating group) is 1. The number of nitrogens with one attached hydrogen (secondary N) is 2. The molecule has 0 spiro atoms. The first-order valence-electron chi connectivity index (χ1n) is 6.54. The maximum atomic E-state index is 11.8. The van der Waals surface area contributed by atoms with Crippen molar-refractivity contribution in [3.05, 3.63) is 30.3 Å². The third-order valence-electron chi connectivity index (χ3n) is 2.96. The Hall–Kier alpha value is -2.57. The summed E-state index contributed by atoms with van der Waals surface area (Å²) in [5.74, 6) is -1.53. The average molecular weight is 293 g/mol. The van der Waals surface area contributed by atoms with Crippen molar-refractivity contribution in [3.8, 4) is 0 Å². The van der Waals surface area contributed by atoms with Crippen molar-refractivity contribution in [2.24, 2.45) is 0 Å². The van der Waals surface area contributed by atoms with Crippen molar-refractivity contribution in [2.45, 2.75) is 19.4 Å². The molecular weight excluding hydrogens is 274 g/mol. The summed E-state index contributed by atoms with van der Waals surface area (Å²) in [5.41, 5.74) is 0.604. The number of amides is 3. The lowest BCUT2D eigenvalue weighted by molar-refractivity contribution is -0.148. The number of hydrogen-bond acceptors (Lipinski definition) is 3. The highest BCUT2D eigenvalue weighted by molar-refractivity contribution is 5.93. The molecule has 0 saturated heterocycles. The van der Waals surface area contributed by atoms with Gasteiger partial charge in [0.2, 0.25) is 5.91 Å². The standard InChI is InChI=1S/C14H19N3O4/c1-3-11(13(19)20)17(2)12(18)9-15-14(21)16-10-7-5-4-6-8-10/h4-8,11H,3,9H2,1-2H3,(H,19,20)(H2,15,16,21). The summed E-state index contributed by atoms with van der Waals surface area (Å²) < 4.78 is 0. The van der Waals surface area contributed by atoms with E-state index >= 15 is 0 Å². The Bertz CT molecular complexity index is 504. The van der Waals surface area contributed by atoms with E-state index in [9.17, 15) is 14.4 Å². The molecule has 3 N–H and O–H groups in total. The first-order chi connectivity index (χ1) is 9.95. The molecule has 0 bridgehead atoms. The molecule has 0 heterocycles. The van der Waals surface area contributed by atoms with E-state index in [1.165, 1.54) is 7.05 Å². The molecule has 7 heteroatoms. The number of carboxylic acid groups (broad SMARTS) is 1. The lowest BCUT2D eigenvalue weighted by Gasteiger charge is -2.23. The SMILES string of the molecule is CCC(C(=O)O)N(C)C(=O)CNC(=O)Nc1ccccc1. The minimum Gasteiger partial charge on any atom is -0.480 e. The highest BCUT2D eigenvalue weighted by atomic mass is 16.4. The quantitative estimate of drug-likeness (QED) is 0.732. The van der Waals surface area contributed by atoms with Gasteiger partial charge in [0, 0.05) is 12.7 Å². The van der Waals surface area contributed by atoms with Gasteiger partial charge < -0.3 is 20.6 Å². The van der Waals surface area contributed by atoms with Crippen molar-refractivity contribution in [1.29, 1.82) is 0 Å². The van der Waals surface area contributed by atoms with Gasteiger partial charge >= 0.3 is 12.0 Å². The monoisotopic (exact) mass is 293 g/mol. The van der Waals surface area contributed by atoms with Crippen molar-refractivity contribution >= 4 is 23.6 Å². The number of carbonyl (C=O) groups is 3. The molecule has 7 nitrogen and oxygen atoms in total. The van der Waals surface area contributed by atoms with Crippen LogP contribution < -0.4 is 10.6 Å². The van der Waals surface area contributed by atoms with Gasteiger partial charge in [0.15, 0.2) is 0 Å². The van der Waals surface area contributed by atoms with Crippen molar-refractivity contribution in [3.63, 3.8) is 0 Å². The van der Waals surface area contributed by atoms with Gasteiger partial charge in [-0.1, -0.05) is 25.1 Å². The predicted molar refractivity (Wildman–Crippen MR) is 77.9 cm³/mol. The van der Waals surface area contributed by atoms with E-state index in [-0.39, 0.29) is 6.54 Å². The van der Waals surface area contributed by atoms with Crippen LogP contribution in [0, 0.1) is 0 Å². The Morgan fingerprint density at radius 2 is 1.86 bits per heavy atom. The summed E-state index contributed by atoms with van der Waals surface area (Å²) in [7, 11) is 1.40. The minimum absolute atomic E-state index is 0.265. The molecule has 1 unspecified atom stereocenters. The van der Waals surface area contributed by atoms with Crippen LogP contribution in [0.25, 0.3) is 0 Å². The molecule has 0 saturated carbocycles. The Balaban J connectivity index is 2.45. The number of anilines is 1. The number of carboxylic acids is 1. The molecule has 1 aromatic carbocycles. The van der Waals surface area contributed by atoms with Gasteiger partial charge in [0.25, 0.3) is 0 Å². The molecule has 0 aliphatic heterocycles. The number of rotatable bonds is 6. The molecule has 114 valence electrons. The molecule has 0 aromatic heterocycles. The first kappa shape index (κ1) is 16.5. The number of nitrogens with zero attached hydrogens (tertiary/aromatic N) is 1. The van der Waals surface area contributed by atoms with E-state index in [2.05, 4.69) is 10.6 Å². The molecule has 1 aromatic rings. The summed E-state index contributed by atoms with van der Waals surface area (Å²) in [6.45, 7) is 1.41. The van der Waals surface area contributed by atoms with Crippen LogP contribution in [0.15, 0.2) is 30.3 Å². The van der Waals surface area contributed by atoms with Gasteiger partial charge in [-0.05, 0) is 18.6 Å². The lowest BCUT2D eigenvalue weighted by atomic mass is 10.2. The third kappa shape index (κ3) is 5.13. The van der Waals surface area contributed by atoms with E-state index in [1.807, 2.05) is 6.07 Å². The largest absolute Gasteiger partial charge is 0.480 e. The topological polar surface area (TPSA) is 98.7 Å². The Kier molecular flexibility index (Phi) is 6.19. The summed E-state index contributed by atoms with van der Waals surface area (Å²) in [4.78, 5) is 35.5. The maximum Gasteiger partial charge on any atom is 0.326 e. The van der Waals surface area contributed by atoms with Crippen LogP contribution in [0.5, 0.6) is 0 Å². The van der Waals surface area contributed by atoms with Gasteiger partial charge in [-0.2, -0.15) is 0 Å². The average Bonchev–Trinajstić information content (AvgIpc) is 2.46. The van der Waals surface area contributed by atoms with Crippen LogP contribution >= 0.6 is 0 Å². The molecule has 0 aliphatic rings. The Morgan fingerprint density at radius 3 is 2.38 bits per heavy atom. The summed E-state index contributed by atoms with van der Waals surface area (Å²) in [6, 6.07) is 7.37. The summed E-state index contributed by atoms with van der Waals surface area (Å²) in [5, 5.41) is 13.9. The van der Waals surface area contributed by atoms with Crippen LogP contribution in [-0.4, -0.2) is 47.5 Å². The number of aliphatic carboxylic acids is 1. The van der Waals surface area contributed by atoms with Crippen LogP contribution in [0.2, 0.25) is 0 Å². The van der Waals surface area contributed by atoms with E-state index in [4.69, 9.17) is 5.11 Å². The van der Waals surface area contributed by atoms with E-state index in [1.54, 1.807) is 31.2 Å². The number of urea groups is 1. The lowest BCUT2D eigenvalue weighted by Crippen LogP contribution is -2.47. The van der Waals surface area contributed by atoms with E-state index in [0.717, 1.165) is 4.90 Å². The normalized spacial score (nSPS) is 11.3. The van der Waals surface area contributed by atoms with Crippen LogP contribution in [0.4, 0.5) is 10.5 Å². The second-order valence-corrected chi connectivity index (χ2v) is 4.44. The molecular formula is C14H19N3O4. The van der Waals surface area contributed by atoms with Crippen LogP contribution in [0.3, 0.4) is 0 Å². The van der Waals surface area contributed by atoms with Crippen molar-refractivity contribution in [2.75, 3.05) is 18.9 Å². The maximum absolute atomic E-state index is 11.8. The Labute approximate surface area is 122 Å². The van der Waals surface area contributed by atoms with Crippen LogP contribution in [-0.2, 0) is 9.59 Å². The zero-order valence-corrected chi connectivity index (χ0v) is 12.0. The number of hydrogen-bond donors (Lipinski definition) is 3. The third-order valence-corrected chi connectivity index (χ3v) is 2.96.